The zero-order valence-electron chi connectivity index (χ0n) is 12.7. The quantitative estimate of drug-likeness (QED) is 0.654. The lowest BCUT2D eigenvalue weighted by Crippen LogP contribution is -2.29. The van der Waals surface area contributed by atoms with Gasteiger partial charge < -0.3 is 5.32 Å². The lowest BCUT2D eigenvalue weighted by Gasteiger charge is -2.16. The molecule has 0 saturated carbocycles. The lowest BCUT2D eigenvalue weighted by molar-refractivity contribution is 0.464. The summed E-state index contributed by atoms with van der Waals surface area (Å²) in [5.41, 5.74) is 0.906. The molecule has 0 amide bonds. The molecule has 0 unspecified atom stereocenters. The summed E-state index contributed by atoms with van der Waals surface area (Å²) in [6.45, 7) is 4.37. The predicted molar refractivity (Wildman–Crippen MR) is 80.9 cm³/mol. The van der Waals surface area contributed by atoms with E-state index in [1.807, 2.05) is 13.2 Å². The van der Waals surface area contributed by atoms with Gasteiger partial charge in [-0.1, -0.05) is 6.92 Å². The van der Waals surface area contributed by atoms with Gasteiger partial charge in [0.15, 0.2) is 0 Å². The van der Waals surface area contributed by atoms with E-state index in [0.717, 1.165) is 31.5 Å². The lowest BCUT2D eigenvalue weighted by atomic mass is 10.3. The van der Waals surface area contributed by atoms with E-state index in [2.05, 4.69) is 17.3 Å². The molecule has 0 aliphatic rings. The molecule has 1 aromatic heterocycles. The first-order chi connectivity index (χ1) is 9.45. The van der Waals surface area contributed by atoms with E-state index in [1.165, 1.54) is 4.31 Å². The van der Waals surface area contributed by atoms with E-state index < -0.39 is 10.0 Å². The Bertz CT molecular complexity index is 484. The van der Waals surface area contributed by atoms with Gasteiger partial charge in [0.25, 0.3) is 0 Å². The Morgan fingerprint density at radius 3 is 2.70 bits per heavy atom. The fraction of sp³-hybridized carbons (Fsp3) is 0.769. The van der Waals surface area contributed by atoms with E-state index in [-0.39, 0.29) is 5.75 Å². The highest BCUT2D eigenvalue weighted by atomic mass is 32.2. The molecule has 0 saturated heterocycles. The highest BCUT2D eigenvalue weighted by Crippen LogP contribution is 2.08. The molecule has 0 fully saturated rings. The topological polar surface area (TPSA) is 67.2 Å². The van der Waals surface area contributed by atoms with Crippen molar-refractivity contribution in [1.82, 2.24) is 19.4 Å². The molecule has 0 spiro atoms. The second kappa shape index (κ2) is 8.39. The number of rotatable bonds is 10. The van der Waals surface area contributed by atoms with Crippen molar-refractivity contribution in [2.75, 3.05) is 25.9 Å². The van der Waals surface area contributed by atoms with E-state index in [4.69, 9.17) is 0 Å². The summed E-state index contributed by atoms with van der Waals surface area (Å²) in [5.74, 6) is 0.206. The van der Waals surface area contributed by atoms with Gasteiger partial charge in [0.05, 0.1) is 11.9 Å². The third kappa shape index (κ3) is 6.02. The van der Waals surface area contributed by atoms with E-state index >= 15 is 0 Å². The Kier molecular flexibility index (Phi) is 7.18. The molecule has 20 heavy (non-hydrogen) atoms. The van der Waals surface area contributed by atoms with Crippen molar-refractivity contribution in [2.24, 2.45) is 7.05 Å². The number of sulfonamides is 1. The average Bonchev–Trinajstić information content (AvgIpc) is 2.79. The van der Waals surface area contributed by atoms with Gasteiger partial charge in [0, 0.05) is 32.4 Å². The maximum Gasteiger partial charge on any atom is 0.214 e. The summed E-state index contributed by atoms with van der Waals surface area (Å²) >= 11 is 0. The van der Waals surface area contributed by atoms with Crippen LogP contribution in [0.4, 0.5) is 0 Å². The summed E-state index contributed by atoms with van der Waals surface area (Å²) in [6.07, 6.45) is 6.21. The van der Waals surface area contributed by atoms with E-state index in [1.54, 1.807) is 17.9 Å². The molecular weight excluding hydrogens is 276 g/mol. The molecule has 1 aromatic rings. The molecule has 1 rings (SSSR count). The Balaban J connectivity index is 2.32. The first-order valence-electron chi connectivity index (χ1n) is 7.08. The molecule has 1 N–H and O–H groups in total. The Morgan fingerprint density at radius 1 is 1.35 bits per heavy atom. The van der Waals surface area contributed by atoms with Gasteiger partial charge in [-0.3, -0.25) is 4.68 Å². The smallest absolute Gasteiger partial charge is 0.214 e. The van der Waals surface area contributed by atoms with Crippen molar-refractivity contribution in [3.63, 3.8) is 0 Å². The van der Waals surface area contributed by atoms with E-state index in [0.29, 0.717) is 13.0 Å². The second-order valence-corrected chi connectivity index (χ2v) is 7.25. The van der Waals surface area contributed by atoms with Crippen LogP contribution in [-0.2, 0) is 23.6 Å². The Labute approximate surface area is 122 Å². The van der Waals surface area contributed by atoms with Crippen LogP contribution >= 0.6 is 0 Å². The van der Waals surface area contributed by atoms with E-state index in [9.17, 15) is 8.42 Å². The first kappa shape index (κ1) is 17.1. The standard InChI is InChI=1S/C13H26N4O2S/c1-4-7-14-8-5-6-9-20(18,19)17(3)12-13-10-15-16(2)11-13/h10-11,14H,4-9,12H2,1-3H3. The molecule has 7 heteroatoms. The number of hydrogen-bond donors (Lipinski definition) is 1. The normalized spacial score (nSPS) is 12.2. The van der Waals surface area contributed by atoms with Gasteiger partial charge in [-0.2, -0.15) is 5.10 Å². The van der Waals surface area contributed by atoms with Crippen LogP contribution in [0.15, 0.2) is 12.4 Å². The Morgan fingerprint density at radius 2 is 2.10 bits per heavy atom. The largest absolute Gasteiger partial charge is 0.317 e. The number of nitrogens with one attached hydrogen (secondary N) is 1. The van der Waals surface area contributed by atoms with Crippen molar-refractivity contribution in [3.05, 3.63) is 18.0 Å². The molecule has 6 nitrogen and oxygen atoms in total. The molecule has 116 valence electrons. The van der Waals surface area contributed by atoms with Crippen molar-refractivity contribution >= 4 is 10.0 Å². The summed E-state index contributed by atoms with van der Waals surface area (Å²) in [7, 11) is 0.270. The summed E-state index contributed by atoms with van der Waals surface area (Å²) < 4.78 is 27.3. The summed E-state index contributed by atoms with van der Waals surface area (Å²) in [4.78, 5) is 0. The summed E-state index contributed by atoms with van der Waals surface area (Å²) in [6, 6.07) is 0. The summed E-state index contributed by atoms with van der Waals surface area (Å²) in [5, 5.41) is 7.32. The van der Waals surface area contributed by atoms with Gasteiger partial charge in [0.1, 0.15) is 0 Å². The third-order valence-corrected chi connectivity index (χ3v) is 4.95. The fourth-order valence-electron chi connectivity index (χ4n) is 1.90. The molecule has 0 aromatic carbocycles. The molecule has 0 aliphatic carbocycles. The number of aromatic nitrogens is 2. The molecular formula is C13H26N4O2S. The monoisotopic (exact) mass is 302 g/mol. The number of aryl methyl sites for hydroxylation is 1. The van der Waals surface area contributed by atoms with Crippen LogP contribution in [0.1, 0.15) is 31.7 Å². The first-order valence-corrected chi connectivity index (χ1v) is 8.69. The van der Waals surface area contributed by atoms with Crippen LogP contribution in [0.3, 0.4) is 0 Å². The minimum Gasteiger partial charge on any atom is -0.317 e. The van der Waals surface area contributed by atoms with Crippen LogP contribution in [0.2, 0.25) is 0 Å². The zero-order valence-corrected chi connectivity index (χ0v) is 13.5. The molecule has 1 heterocycles. The Hall–Kier alpha value is -0.920. The fourth-order valence-corrected chi connectivity index (χ4v) is 3.13. The SMILES string of the molecule is CCCNCCCCS(=O)(=O)N(C)Cc1cnn(C)c1. The number of hydrogen-bond acceptors (Lipinski definition) is 4. The minimum atomic E-state index is -3.17. The van der Waals surface area contributed by atoms with Gasteiger partial charge in [-0.25, -0.2) is 12.7 Å². The van der Waals surface area contributed by atoms with Gasteiger partial charge in [-0.15, -0.1) is 0 Å². The van der Waals surface area contributed by atoms with Crippen LogP contribution in [-0.4, -0.2) is 48.4 Å². The molecule has 0 atom stereocenters. The molecule has 0 aliphatic heterocycles. The van der Waals surface area contributed by atoms with Crippen molar-refractivity contribution in [2.45, 2.75) is 32.7 Å². The number of nitrogens with zero attached hydrogens (tertiary/aromatic N) is 3. The number of unbranched alkanes of at least 4 members (excludes halogenated alkanes) is 1. The predicted octanol–water partition coefficient (Wildman–Crippen LogP) is 0.962. The van der Waals surface area contributed by atoms with Crippen molar-refractivity contribution < 1.29 is 8.42 Å². The van der Waals surface area contributed by atoms with Crippen molar-refractivity contribution in [3.8, 4) is 0 Å². The van der Waals surface area contributed by atoms with Crippen LogP contribution in [0, 0.1) is 0 Å². The maximum atomic E-state index is 12.1. The average molecular weight is 302 g/mol. The zero-order chi connectivity index (χ0) is 15.0. The van der Waals surface area contributed by atoms with Crippen LogP contribution in [0.5, 0.6) is 0 Å². The highest BCUT2D eigenvalue weighted by molar-refractivity contribution is 7.89. The highest BCUT2D eigenvalue weighted by Gasteiger charge is 2.17. The molecule has 0 bridgehead atoms. The van der Waals surface area contributed by atoms with Crippen LogP contribution in [0.25, 0.3) is 0 Å². The van der Waals surface area contributed by atoms with Gasteiger partial charge in [-0.05, 0) is 32.4 Å². The maximum absolute atomic E-state index is 12.1. The second-order valence-electron chi connectivity index (χ2n) is 5.05. The van der Waals surface area contributed by atoms with Crippen LogP contribution < -0.4 is 5.32 Å². The van der Waals surface area contributed by atoms with Gasteiger partial charge in [0.2, 0.25) is 10.0 Å². The third-order valence-electron chi connectivity index (χ3n) is 3.07. The minimum absolute atomic E-state index is 0.206. The van der Waals surface area contributed by atoms with Crippen molar-refractivity contribution in [1.29, 1.82) is 0 Å². The molecule has 0 radical (unpaired) electrons. The van der Waals surface area contributed by atoms with Gasteiger partial charge >= 0.3 is 0 Å².